The van der Waals surface area contributed by atoms with Gasteiger partial charge in [0, 0.05) is 30.2 Å². The van der Waals surface area contributed by atoms with Crippen molar-refractivity contribution < 1.29 is 9.53 Å². The lowest BCUT2D eigenvalue weighted by atomic mass is 9.98. The number of hydrogen-bond acceptors (Lipinski definition) is 3. The van der Waals surface area contributed by atoms with E-state index in [4.69, 9.17) is 4.74 Å². The maximum absolute atomic E-state index is 11.7. The third-order valence-electron chi connectivity index (χ3n) is 4.11. The molecule has 1 N–H and O–H groups in total. The molecule has 4 heteroatoms. The molecule has 0 saturated carbocycles. The first-order valence-corrected chi connectivity index (χ1v) is 7.13. The topological polar surface area (TPSA) is 45.3 Å². The van der Waals surface area contributed by atoms with Crippen LogP contribution in [0.2, 0.25) is 0 Å². The predicted molar refractivity (Wildman–Crippen MR) is 78.3 cm³/mol. The molecule has 20 heavy (non-hydrogen) atoms. The summed E-state index contributed by atoms with van der Waals surface area (Å²) in [6.45, 7) is 2.73. The average Bonchev–Trinajstić information content (AvgIpc) is 2.90. The molecule has 1 saturated heterocycles. The molecule has 0 unspecified atom stereocenters. The number of benzene rings is 1. The SMILES string of the molecule is COC(=O)[C@H]1CCCN(Cc2c[nH]c3ccccc23)C1. The first kappa shape index (κ1) is 13.2. The number of aromatic amines is 1. The summed E-state index contributed by atoms with van der Waals surface area (Å²) < 4.78 is 4.87. The second kappa shape index (κ2) is 5.67. The number of para-hydroxylation sites is 1. The van der Waals surface area contributed by atoms with Crippen LogP contribution in [0, 0.1) is 5.92 Å². The van der Waals surface area contributed by atoms with Crippen molar-refractivity contribution in [2.24, 2.45) is 5.92 Å². The summed E-state index contributed by atoms with van der Waals surface area (Å²) in [4.78, 5) is 17.3. The van der Waals surface area contributed by atoms with Crippen LogP contribution < -0.4 is 0 Å². The predicted octanol–water partition coefficient (Wildman–Crippen LogP) is 2.55. The van der Waals surface area contributed by atoms with Crippen LogP contribution in [0.4, 0.5) is 0 Å². The Kier molecular flexibility index (Phi) is 3.74. The number of piperidine rings is 1. The van der Waals surface area contributed by atoms with E-state index in [1.807, 2.05) is 6.07 Å². The van der Waals surface area contributed by atoms with Crippen LogP contribution in [0.1, 0.15) is 18.4 Å². The molecule has 1 aliphatic heterocycles. The summed E-state index contributed by atoms with van der Waals surface area (Å²) in [7, 11) is 1.47. The number of rotatable bonds is 3. The zero-order valence-electron chi connectivity index (χ0n) is 11.8. The van der Waals surface area contributed by atoms with Crippen molar-refractivity contribution in [3.63, 3.8) is 0 Å². The number of carbonyl (C=O) groups excluding carboxylic acids is 1. The molecule has 2 heterocycles. The van der Waals surface area contributed by atoms with E-state index >= 15 is 0 Å². The fourth-order valence-corrected chi connectivity index (χ4v) is 3.06. The lowest BCUT2D eigenvalue weighted by molar-refractivity contribution is -0.147. The molecule has 0 aliphatic carbocycles. The molecule has 1 aliphatic rings. The van der Waals surface area contributed by atoms with Gasteiger partial charge in [-0.2, -0.15) is 0 Å². The Balaban J connectivity index is 1.72. The molecule has 1 aromatic heterocycles. The first-order valence-electron chi connectivity index (χ1n) is 7.13. The highest BCUT2D eigenvalue weighted by molar-refractivity contribution is 5.83. The van der Waals surface area contributed by atoms with Gasteiger partial charge in [-0.1, -0.05) is 18.2 Å². The van der Waals surface area contributed by atoms with Gasteiger partial charge in [-0.15, -0.1) is 0 Å². The van der Waals surface area contributed by atoms with E-state index in [9.17, 15) is 4.79 Å². The Morgan fingerprint density at radius 2 is 2.30 bits per heavy atom. The van der Waals surface area contributed by atoms with Gasteiger partial charge in [0.15, 0.2) is 0 Å². The number of nitrogens with zero attached hydrogens (tertiary/aromatic N) is 1. The van der Waals surface area contributed by atoms with Crippen LogP contribution in [-0.2, 0) is 16.1 Å². The highest BCUT2D eigenvalue weighted by Crippen LogP contribution is 2.23. The van der Waals surface area contributed by atoms with Gasteiger partial charge in [0.1, 0.15) is 0 Å². The van der Waals surface area contributed by atoms with Gasteiger partial charge >= 0.3 is 5.97 Å². The van der Waals surface area contributed by atoms with Crippen molar-refractivity contribution in [2.45, 2.75) is 19.4 Å². The van der Waals surface area contributed by atoms with Crippen molar-refractivity contribution in [1.29, 1.82) is 0 Å². The van der Waals surface area contributed by atoms with Gasteiger partial charge in [0.25, 0.3) is 0 Å². The van der Waals surface area contributed by atoms with E-state index in [0.29, 0.717) is 0 Å². The minimum atomic E-state index is -0.0753. The Morgan fingerprint density at radius 3 is 3.15 bits per heavy atom. The molecule has 0 radical (unpaired) electrons. The first-order chi connectivity index (χ1) is 9.78. The van der Waals surface area contributed by atoms with Crippen molar-refractivity contribution in [2.75, 3.05) is 20.2 Å². The summed E-state index contributed by atoms with van der Waals surface area (Å²) in [5.74, 6) is -0.0485. The van der Waals surface area contributed by atoms with Crippen LogP contribution in [0.3, 0.4) is 0 Å². The lowest BCUT2D eigenvalue weighted by Crippen LogP contribution is -2.38. The zero-order valence-corrected chi connectivity index (χ0v) is 11.8. The molecule has 1 fully saturated rings. The maximum atomic E-state index is 11.7. The summed E-state index contributed by atoms with van der Waals surface area (Å²) in [5.41, 5.74) is 2.47. The van der Waals surface area contributed by atoms with E-state index < -0.39 is 0 Å². The number of nitrogens with one attached hydrogen (secondary N) is 1. The van der Waals surface area contributed by atoms with Crippen LogP contribution in [0.25, 0.3) is 10.9 Å². The smallest absolute Gasteiger partial charge is 0.309 e. The Bertz CT molecular complexity index is 605. The molecule has 4 nitrogen and oxygen atoms in total. The molecule has 2 aromatic rings. The Morgan fingerprint density at radius 1 is 1.45 bits per heavy atom. The van der Waals surface area contributed by atoms with Gasteiger partial charge in [-0.25, -0.2) is 0 Å². The van der Waals surface area contributed by atoms with Crippen LogP contribution in [0.15, 0.2) is 30.5 Å². The third kappa shape index (κ3) is 2.56. The number of fused-ring (bicyclic) bond motifs is 1. The van der Waals surface area contributed by atoms with Gasteiger partial charge in [0.05, 0.1) is 13.0 Å². The number of methoxy groups -OCH3 is 1. The fourth-order valence-electron chi connectivity index (χ4n) is 3.06. The maximum Gasteiger partial charge on any atom is 0.309 e. The van der Waals surface area contributed by atoms with E-state index in [1.54, 1.807) is 0 Å². The van der Waals surface area contributed by atoms with Gasteiger partial charge < -0.3 is 9.72 Å². The number of H-pyrrole nitrogens is 1. The van der Waals surface area contributed by atoms with Gasteiger partial charge in [0.2, 0.25) is 0 Å². The molecule has 0 spiro atoms. The zero-order chi connectivity index (χ0) is 13.9. The number of likely N-dealkylation sites (tertiary alicyclic amines) is 1. The number of esters is 1. The summed E-state index contributed by atoms with van der Waals surface area (Å²) in [6.07, 6.45) is 4.08. The van der Waals surface area contributed by atoms with Crippen LogP contribution in [-0.4, -0.2) is 36.1 Å². The fraction of sp³-hybridized carbons (Fsp3) is 0.438. The van der Waals surface area contributed by atoms with Crippen LogP contribution >= 0.6 is 0 Å². The summed E-state index contributed by atoms with van der Waals surface area (Å²) >= 11 is 0. The van der Waals surface area contributed by atoms with Crippen molar-refractivity contribution in [1.82, 2.24) is 9.88 Å². The minimum Gasteiger partial charge on any atom is -0.469 e. The average molecular weight is 272 g/mol. The van der Waals surface area contributed by atoms with Crippen molar-refractivity contribution in [3.05, 3.63) is 36.0 Å². The largest absolute Gasteiger partial charge is 0.469 e. The number of ether oxygens (including phenoxy) is 1. The number of carbonyl (C=O) groups is 1. The highest BCUT2D eigenvalue weighted by atomic mass is 16.5. The molecule has 0 amide bonds. The lowest BCUT2D eigenvalue weighted by Gasteiger charge is -2.31. The number of aromatic nitrogens is 1. The molecule has 1 atom stereocenters. The van der Waals surface area contributed by atoms with E-state index in [0.717, 1.165) is 32.5 Å². The van der Waals surface area contributed by atoms with Crippen LogP contribution in [0.5, 0.6) is 0 Å². The molecular weight excluding hydrogens is 252 g/mol. The third-order valence-corrected chi connectivity index (χ3v) is 4.11. The standard InChI is InChI=1S/C16H20N2O2/c1-20-16(19)12-5-4-8-18(10-12)11-13-9-17-15-7-3-2-6-14(13)15/h2-3,6-7,9,12,17H,4-5,8,10-11H2,1H3/t12-/m0/s1. The molecule has 1 aromatic carbocycles. The molecule has 3 rings (SSSR count). The van der Waals surface area contributed by atoms with E-state index in [-0.39, 0.29) is 11.9 Å². The summed E-state index contributed by atoms with van der Waals surface area (Å²) in [5, 5.41) is 1.27. The van der Waals surface area contributed by atoms with E-state index in [1.165, 1.54) is 23.6 Å². The quantitative estimate of drug-likeness (QED) is 0.873. The monoisotopic (exact) mass is 272 g/mol. The normalized spacial score (nSPS) is 20.1. The Hall–Kier alpha value is -1.81. The second-order valence-electron chi connectivity index (χ2n) is 5.46. The Labute approximate surface area is 118 Å². The molecular formula is C16H20N2O2. The minimum absolute atomic E-state index is 0.0268. The van der Waals surface area contributed by atoms with Crippen molar-refractivity contribution in [3.8, 4) is 0 Å². The van der Waals surface area contributed by atoms with E-state index in [2.05, 4.69) is 34.3 Å². The summed E-state index contributed by atoms with van der Waals surface area (Å²) in [6, 6.07) is 8.33. The number of hydrogen-bond donors (Lipinski definition) is 1. The van der Waals surface area contributed by atoms with Gasteiger partial charge in [-0.05, 0) is 31.0 Å². The highest BCUT2D eigenvalue weighted by Gasteiger charge is 2.26. The molecule has 106 valence electrons. The van der Waals surface area contributed by atoms with Gasteiger partial charge in [-0.3, -0.25) is 9.69 Å². The molecule has 0 bridgehead atoms. The van der Waals surface area contributed by atoms with Crippen molar-refractivity contribution >= 4 is 16.9 Å². The second-order valence-corrected chi connectivity index (χ2v) is 5.46.